The fourth-order valence-corrected chi connectivity index (χ4v) is 5.23. The van der Waals surface area contributed by atoms with E-state index < -0.39 is 16.2 Å². The normalized spacial score (nSPS) is 18.5. The van der Waals surface area contributed by atoms with Gasteiger partial charge in [0.05, 0.1) is 5.69 Å². The van der Waals surface area contributed by atoms with Gasteiger partial charge < -0.3 is 5.32 Å². The number of sulfonamides is 1. The second kappa shape index (κ2) is 7.41. The van der Waals surface area contributed by atoms with Crippen LogP contribution in [0.25, 0.3) is 0 Å². The van der Waals surface area contributed by atoms with Gasteiger partial charge in [-0.3, -0.25) is 0 Å². The van der Waals surface area contributed by atoms with Crippen molar-refractivity contribution in [1.29, 1.82) is 0 Å². The first kappa shape index (κ1) is 18.7. The molecule has 4 rings (SSSR count). The maximum absolute atomic E-state index is 13.5. The molecule has 1 heterocycles. The van der Waals surface area contributed by atoms with Crippen LogP contribution in [0, 0.1) is 0 Å². The van der Waals surface area contributed by atoms with Crippen LogP contribution in [0.3, 0.4) is 0 Å². The first-order valence-corrected chi connectivity index (χ1v) is 10.9. The Morgan fingerprint density at radius 3 is 2.21 bits per heavy atom. The summed E-state index contributed by atoms with van der Waals surface area (Å²) in [6.45, 7) is 4.60. The number of para-hydroxylation sites is 1. The number of fused-ring (bicyclic) bond motifs is 1. The van der Waals surface area contributed by atoms with Gasteiger partial charge in [-0.15, -0.1) is 0 Å². The smallest absolute Gasteiger partial charge is 0.247 e. The van der Waals surface area contributed by atoms with Crippen LogP contribution < -0.4 is 5.32 Å². The molecule has 0 amide bonds. The number of nitrogens with zero attached hydrogens (tertiary/aromatic N) is 1. The minimum Gasteiger partial charge on any atom is -0.364 e. The van der Waals surface area contributed by atoms with Gasteiger partial charge in [-0.1, -0.05) is 80.6 Å². The second-order valence-corrected chi connectivity index (χ2v) is 9.26. The maximum Gasteiger partial charge on any atom is 0.247 e. The Morgan fingerprint density at radius 2 is 1.54 bits per heavy atom. The van der Waals surface area contributed by atoms with Gasteiger partial charge in [-0.05, 0) is 34.7 Å². The molecule has 144 valence electrons. The number of hydrogen-bond acceptors (Lipinski definition) is 3. The third-order valence-corrected chi connectivity index (χ3v) is 7.02. The summed E-state index contributed by atoms with van der Waals surface area (Å²) in [4.78, 5) is 0.320. The predicted molar refractivity (Wildman–Crippen MR) is 113 cm³/mol. The molecule has 0 fully saturated rings. The van der Waals surface area contributed by atoms with Crippen LogP contribution in [0.2, 0.25) is 0 Å². The van der Waals surface area contributed by atoms with E-state index >= 15 is 0 Å². The van der Waals surface area contributed by atoms with Crippen LogP contribution >= 0.6 is 0 Å². The molecule has 0 saturated heterocycles. The van der Waals surface area contributed by atoms with Crippen molar-refractivity contribution in [2.24, 2.45) is 0 Å². The van der Waals surface area contributed by atoms with Gasteiger partial charge in [0.1, 0.15) is 11.1 Å². The Kier molecular flexibility index (Phi) is 4.96. The second-order valence-electron chi connectivity index (χ2n) is 7.40. The summed E-state index contributed by atoms with van der Waals surface area (Å²) in [6.07, 6.45) is -0.457. The van der Waals surface area contributed by atoms with E-state index in [4.69, 9.17) is 0 Å². The van der Waals surface area contributed by atoms with Crippen molar-refractivity contribution in [3.63, 3.8) is 0 Å². The van der Waals surface area contributed by atoms with Crippen LogP contribution in [0.15, 0.2) is 83.8 Å². The number of rotatable bonds is 4. The lowest BCUT2D eigenvalue weighted by Gasteiger charge is -2.37. The van der Waals surface area contributed by atoms with E-state index in [2.05, 4.69) is 31.3 Å². The molecule has 1 atom stereocenters. The van der Waals surface area contributed by atoms with E-state index in [9.17, 15) is 8.42 Å². The Bertz CT molecular complexity index is 1060. The van der Waals surface area contributed by atoms with Crippen LogP contribution in [-0.2, 0) is 16.6 Å². The van der Waals surface area contributed by atoms with Gasteiger partial charge in [-0.25, -0.2) is 8.42 Å². The molecule has 1 aliphatic heterocycles. The van der Waals surface area contributed by atoms with E-state index in [1.807, 2.05) is 54.6 Å². The average molecular weight is 393 g/mol. The molecule has 1 N–H and O–H groups in total. The van der Waals surface area contributed by atoms with Crippen molar-refractivity contribution in [2.75, 3.05) is 5.32 Å². The van der Waals surface area contributed by atoms with Crippen LogP contribution in [0.1, 0.15) is 42.6 Å². The van der Waals surface area contributed by atoms with Crippen molar-refractivity contribution in [2.45, 2.75) is 37.4 Å². The maximum atomic E-state index is 13.5. The largest absolute Gasteiger partial charge is 0.364 e. The lowest BCUT2D eigenvalue weighted by Crippen LogP contribution is -2.42. The summed E-state index contributed by atoms with van der Waals surface area (Å²) in [5, 5.41) is 3.43. The quantitative estimate of drug-likeness (QED) is 0.670. The summed E-state index contributed by atoms with van der Waals surface area (Å²) in [6, 6.07) is 25.0. The first-order valence-electron chi connectivity index (χ1n) is 9.48. The standard InChI is InChI=1S/C23H24N2O2S/c1-17(2)19-12-14-20(15-13-19)23-24-21-10-6-7-11-22(21)28(26,27)25(23)16-18-8-4-3-5-9-18/h3-15,17,23-24H,16H2,1-2H3/t23-/m0/s1. The highest BCUT2D eigenvalue weighted by molar-refractivity contribution is 7.89. The van der Waals surface area contributed by atoms with Gasteiger partial charge in [-0.2, -0.15) is 4.31 Å². The highest BCUT2D eigenvalue weighted by Crippen LogP contribution is 2.39. The van der Waals surface area contributed by atoms with Crippen molar-refractivity contribution in [1.82, 2.24) is 4.31 Å². The third kappa shape index (κ3) is 3.43. The molecule has 0 unspecified atom stereocenters. The zero-order valence-electron chi connectivity index (χ0n) is 16.0. The minimum atomic E-state index is -3.63. The first-order chi connectivity index (χ1) is 13.5. The molecule has 0 radical (unpaired) electrons. The van der Waals surface area contributed by atoms with Crippen molar-refractivity contribution in [3.05, 3.63) is 95.6 Å². The molecule has 3 aromatic rings. The highest BCUT2D eigenvalue weighted by atomic mass is 32.2. The van der Waals surface area contributed by atoms with Gasteiger partial charge in [0, 0.05) is 6.54 Å². The Hall–Kier alpha value is -2.63. The molecule has 0 bridgehead atoms. The highest BCUT2D eigenvalue weighted by Gasteiger charge is 2.38. The zero-order chi connectivity index (χ0) is 19.7. The average Bonchev–Trinajstić information content (AvgIpc) is 2.71. The fourth-order valence-electron chi connectivity index (χ4n) is 3.55. The van der Waals surface area contributed by atoms with Crippen molar-refractivity contribution in [3.8, 4) is 0 Å². The van der Waals surface area contributed by atoms with Crippen molar-refractivity contribution < 1.29 is 8.42 Å². The predicted octanol–water partition coefficient (Wildman–Crippen LogP) is 5.13. The number of benzene rings is 3. The lowest BCUT2D eigenvalue weighted by molar-refractivity contribution is 0.336. The Balaban J connectivity index is 1.80. The summed E-state index contributed by atoms with van der Waals surface area (Å²) in [5.41, 5.74) is 3.76. The van der Waals surface area contributed by atoms with E-state index in [-0.39, 0.29) is 0 Å². The topological polar surface area (TPSA) is 49.4 Å². The summed E-state index contributed by atoms with van der Waals surface area (Å²) < 4.78 is 28.5. The molecule has 0 spiro atoms. The number of hydrogen-bond donors (Lipinski definition) is 1. The molecule has 4 nitrogen and oxygen atoms in total. The van der Waals surface area contributed by atoms with Gasteiger partial charge in [0.25, 0.3) is 0 Å². The molecule has 0 aliphatic carbocycles. The van der Waals surface area contributed by atoms with Crippen molar-refractivity contribution >= 4 is 15.7 Å². The Labute approximate surface area is 166 Å². The molecule has 0 aromatic heterocycles. The number of nitrogens with one attached hydrogen (secondary N) is 1. The van der Waals surface area contributed by atoms with E-state index in [0.717, 1.165) is 11.1 Å². The van der Waals surface area contributed by atoms with Crippen LogP contribution in [0.4, 0.5) is 5.69 Å². The molecule has 5 heteroatoms. The molecule has 28 heavy (non-hydrogen) atoms. The van der Waals surface area contributed by atoms with E-state index in [0.29, 0.717) is 23.0 Å². The molecule has 0 saturated carbocycles. The Morgan fingerprint density at radius 1 is 0.893 bits per heavy atom. The SMILES string of the molecule is CC(C)c1ccc([C@H]2Nc3ccccc3S(=O)(=O)N2Cc2ccccc2)cc1. The zero-order valence-corrected chi connectivity index (χ0v) is 16.9. The molecule has 3 aromatic carbocycles. The summed E-state index contributed by atoms with van der Waals surface area (Å²) in [7, 11) is -3.63. The van der Waals surface area contributed by atoms with Gasteiger partial charge >= 0.3 is 0 Å². The van der Waals surface area contributed by atoms with Crippen LogP contribution in [-0.4, -0.2) is 12.7 Å². The third-order valence-electron chi connectivity index (χ3n) is 5.15. The fraction of sp³-hybridized carbons (Fsp3) is 0.217. The molecule has 1 aliphatic rings. The van der Waals surface area contributed by atoms with E-state index in [1.54, 1.807) is 16.4 Å². The van der Waals surface area contributed by atoms with E-state index in [1.165, 1.54) is 5.56 Å². The van der Waals surface area contributed by atoms with Gasteiger partial charge in [0.15, 0.2) is 0 Å². The summed E-state index contributed by atoms with van der Waals surface area (Å²) in [5.74, 6) is 0.429. The summed E-state index contributed by atoms with van der Waals surface area (Å²) >= 11 is 0. The molecular weight excluding hydrogens is 368 g/mol. The van der Waals surface area contributed by atoms with Crippen LogP contribution in [0.5, 0.6) is 0 Å². The number of anilines is 1. The monoisotopic (exact) mass is 392 g/mol. The lowest BCUT2D eigenvalue weighted by atomic mass is 10.0. The minimum absolute atomic E-state index is 0.307. The van der Waals surface area contributed by atoms with Gasteiger partial charge in [0.2, 0.25) is 10.0 Å². The molecular formula is C23H24N2O2S.